The average molecular weight is 248 g/mol. The normalized spacial score (nSPS) is 17.1. The second-order valence-corrected chi connectivity index (χ2v) is 4.56. The molecule has 0 saturated carbocycles. The minimum absolute atomic E-state index is 0.124. The highest BCUT2D eigenvalue weighted by Gasteiger charge is 2.26. The number of benzene rings is 2. The van der Waals surface area contributed by atoms with Gasteiger partial charge in [0.2, 0.25) is 5.91 Å². The van der Waals surface area contributed by atoms with Crippen molar-refractivity contribution in [2.24, 2.45) is 0 Å². The van der Waals surface area contributed by atoms with Gasteiger partial charge in [-0.3, -0.25) is 9.69 Å². The molecule has 0 spiro atoms. The van der Waals surface area contributed by atoms with Crippen LogP contribution in [0, 0.1) is 11.3 Å². The van der Waals surface area contributed by atoms with E-state index < -0.39 is 6.04 Å². The van der Waals surface area contributed by atoms with E-state index in [1.165, 1.54) is 11.8 Å². The number of hydrogen-bond acceptors (Lipinski definition) is 2. The van der Waals surface area contributed by atoms with Crippen LogP contribution in [-0.4, -0.2) is 10.8 Å². The summed E-state index contributed by atoms with van der Waals surface area (Å²) >= 11 is 0. The fraction of sp³-hybridized carbons (Fsp3) is 0.125. The van der Waals surface area contributed by atoms with E-state index in [1.54, 1.807) is 6.20 Å². The standard InChI is InChI=1S/C16H12N2O/c1-11(19)18-9-8-14-13-5-3-2-4-12(13)6-7-15(14)16(18)10-17/h2-9,16H,1H3. The summed E-state index contributed by atoms with van der Waals surface area (Å²) in [6.45, 7) is 1.47. The van der Waals surface area contributed by atoms with Crippen molar-refractivity contribution in [2.75, 3.05) is 0 Å². The van der Waals surface area contributed by atoms with Gasteiger partial charge in [-0.05, 0) is 28.0 Å². The molecule has 0 fully saturated rings. The van der Waals surface area contributed by atoms with Crippen molar-refractivity contribution in [3.8, 4) is 6.07 Å². The van der Waals surface area contributed by atoms with Gasteiger partial charge in [0.15, 0.2) is 0 Å². The van der Waals surface area contributed by atoms with Crippen molar-refractivity contribution in [1.29, 1.82) is 5.26 Å². The van der Waals surface area contributed by atoms with Gasteiger partial charge in [0.05, 0.1) is 6.07 Å². The third kappa shape index (κ3) is 1.69. The fourth-order valence-electron chi connectivity index (χ4n) is 2.55. The van der Waals surface area contributed by atoms with Gasteiger partial charge in [0, 0.05) is 13.1 Å². The van der Waals surface area contributed by atoms with Crippen LogP contribution in [0.25, 0.3) is 16.8 Å². The summed E-state index contributed by atoms with van der Waals surface area (Å²) in [6, 6.07) is 13.7. The van der Waals surface area contributed by atoms with Gasteiger partial charge in [0.25, 0.3) is 0 Å². The maximum absolute atomic E-state index is 11.6. The van der Waals surface area contributed by atoms with Gasteiger partial charge in [0.1, 0.15) is 6.04 Å². The molecule has 1 aliphatic heterocycles. The maximum Gasteiger partial charge on any atom is 0.224 e. The molecular weight excluding hydrogens is 236 g/mol. The van der Waals surface area contributed by atoms with Crippen LogP contribution < -0.4 is 0 Å². The molecule has 2 aromatic rings. The number of hydrogen-bond donors (Lipinski definition) is 0. The molecule has 1 atom stereocenters. The molecule has 0 saturated heterocycles. The summed E-state index contributed by atoms with van der Waals surface area (Å²) in [5.74, 6) is -0.124. The van der Waals surface area contributed by atoms with E-state index in [1.807, 2.05) is 42.5 Å². The Labute approximate surface area is 111 Å². The van der Waals surface area contributed by atoms with E-state index in [-0.39, 0.29) is 5.91 Å². The first kappa shape index (κ1) is 11.5. The number of amides is 1. The second kappa shape index (κ2) is 4.25. The lowest BCUT2D eigenvalue weighted by molar-refractivity contribution is -0.127. The maximum atomic E-state index is 11.6. The molecular formula is C16H12N2O. The first-order valence-corrected chi connectivity index (χ1v) is 6.11. The number of carbonyl (C=O) groups is 1. The minimum Gasteiger partial charge on any atom is -0.299 e. The molecule has 1 unspecified atom stereocenters. The van der Waals surface area contributed by atoms with Crippen LogP contribution in [0.15, 0.2) is 42.6 Å². The summed E-state index contributed by atoms with van der Waals surface area (Å²) in [7, 11) is 0. The molecule has 3 nitrogen and oxygen atoms in total. The molecule has 0 radical (unpaired) electrons. The molecule has 0 bridgehead atoms. The summed E-state index contributed by atoms with van der Waals surface area (Å²) in [5, 5.41) is 11.6. The van der Waals surface area contributed by atoms with Gasteiger partial charge in [-0.1, -0.05) is 36.4 Å². The van der Waals surface area contributed by atoms with Gasteiger partial charge < -0.3 is 0 Å². The average Bonchev–Trinajstić information content (AvgIpc) is 2.45. The van der Waals surface area contributed by atoms with Crippen molar-refractivity contribution in [3.63, 3.8) is 0 Å². The summed E-state index contributed by atoms with van der Waals surface area (Å²) in [5.41, 5.74) is 1.92. The molecule has 19 heavy (non-hydrogen) atoms. The van der Waals surface area contributed by atoms with Crippen LogP contribution in [0.1, 0.15) is 24.1 Å². The van der Waals surface area contributed by atoms with Crippen LogP contribution in [0.3, 0.4) is 0 Å². The molecule has 1 aliphatic rings. The van der Waals surface area contributed by atoms with Gasteiger partial charge in [-0.25, -0.2) is 0 Å². The summed E-state index contributed by atoms with van der Waals surface area (Å²) in [4.78, 5) is 13.0. The van der Waals surface area contributed by atoms with Crippen LogP contribution in [0.2, 0.25) is 0 Å². The van der Waals surface area contributed by atoms with Gasteiger partial charge in [-0.2, -0.15) is 5.26 Å². The molecule has 0 aromatic heterocycles. The zero-order chi connectivity index (χ0) is 13.4. The Morgan fingerprint density at radius 3 is 2.79 bits per heavy atom. The molecule has 2 aromatic carbocycles. The predicted molar refractivity (Wildman–Crippen MR) is 73.9 cm³/mol. The molecule has 1 heterocycles. The quantitative estimate of drug-likeness (QED) is 0.718. The monoisotopic (exact) mass is 248 g/mol. The third-order valence-corrected chi connectivity index (χ3v) is 3.46. The molecule has 0 aliphatic carbocycles. The highest BCUT2D eigenvalue weighted by Crippen LogP contribution is 2.34. The number of nitrogens with zero attached hydrogens (tertiary/aromatic N) is 2. The Kier molecular flexibility index (Phi) is 2.57. The summed E-state index contributed by atoms with van der Waals surface area (Å²) in [6.07, 6.45) is 3.61. The first-order valence-electron chi connectivity index (χ1n) is 6.11. The largest absolute Gasteiger partial charge is 0.299 e. The van der Waals surface area contributed by atoms with Crippen molar-refractivity contribution in [2.45, 2.75) is 13.0 Å². The number of rotatable bonds is 0. The van der Waals surface area contributed by atoms with Crippen LogP contribution in [0.4, 0.5) is 0 Å². The number of fused-ring (bicyclic) bond motifs is 3. The third-order valence-electron chi connectivity index (χ3n) is 3.46. The van der Waals surface area contributed by atoms with Crippen molar-refractivity contribution < 1.29 is 4.79 Å². The highest BCUT2D eigenvalue weighted by atomic mass is 16.2. The Morgan fingerprint density at radius 1 is 1.26 bits per heavy atom. The minimum atomic E-state index is -0.540. The van der Waals surface area contributed by atoms with Crippen LogP contribution in [0.5, 0.6) is 0 Å². The molecule has 3 rings (SSSR count). The van der Waals surface area contributed by atoms with E-state index in [0.717, 1.165) is 21.9 Å². The van der Waals surface area contributed by atoms with Crippen LogP contribution >= 0.6 is 0 Å². The van der Waals surface area contributed by atoms with Crippen molar-refractivity contribution in [1.82, 2.24) is 4.90 Å². The van der Waals surface area contributed by atoms with E-state index in [9.17, 15) is 10.1 Å². The smallest absolute Gasteiger partial charge is 0.224 e. The van der Waals surface area contributed by atoms with Crippen molar-refractivity contribution in [3.05, 3.63) is 53.7 Å². The number of nitriles is 1. The number of carbonyl (C=O) groups excluding carboxylic acids is 1. The Bertz CT molecular complexity index is 740. The van der Waals surface area contributed by atoms with E-state index in [0.29, 0.717) is 0 Å². The fourth-order valence-corrected chi connectivity index (χ4v) is 2.55. The Balaban J connectivity index is 2.27. The highest BCUT2D eigenvalue weighted by molar-refractivity contribution is 5.93. The molecule has 1 amide bonds. The topological polar surface area (TPSA) is 44.1 Å². The van der Waals surface area contributed by atoms with E-state index in [2.05, 4.69) is 6.07 Å². The molecule has 92 valence electrons. The van der Waals surface area contributed by atoms with Crippen LogP contribution in [-0.2, 0) is 4.79 Å². The Morgan fingerprint density at radius 2 is 2.05 bits per heavy atom. The lowest BCUT2D eigenvalue weighted by atomic mass is 9.92. The Hall–Kier alpha value is -2.60. The SMILES string of the molecule is CC(=O)N1C=Cc2c(ccc3ccccc23)C1C#N. The predicted octanol–water partition coefficient (Wildman–Crippen LogP) is 3.24. The molecule has 3 heteroatoms. The van der Waals surface area contributed by atoms with Gasteiger partial charge in [-0.15, -0.1) is 0 Å². The van der Waals surface area contributed by atoms with E-state index in [4.69, 9.17) is 0 Å². The van der Waals surface area contributed by atoms with Gasteiger partial charge >= 0.3 is 0 Å². The second-order valence-electron chi connectivity index (χ2n) is 4.56. The lowest BCUT2D eigenvalue weighted by Crippen LogP contribution is -2.29. The zero-order valence-corrected chi connectivity index (χ0v) is 10.5. The van der Waals surface area contributed by atoms with Crippen molar-refractivity contribution >= 4 is 22.8 Å². The molecule has 0 N–H and O–H groups in total. The van der Waals surface area contributed by atoms with E-state index >= 15 is 0 Å². The lowest BCUT2D eigenvalue weighted by Gasteiger charge is -2.28. The first-order chi connectivity index (χ1) is 9.22. The summed E-state index contributed by atoms with van der Waals surface area (Å²) < 4.78 is 0. The zero-order valence-electron chi connectivity index (χ0n) is 10.5.